The Morgan fingerprint density at radius 2 is 2.03 bits per heavy atom. The smallest absolute Gasteiger partial charge is 0.311 e. The summed E-state index contributed by atoms with van der Waals surface area (Å²) < 4.78 is 24.5. The molecule has 0 atom stereocenters. The molecule has 0 aliphatic carbocycles. The highest BCUT2D eigenvalue weighted by Gasteiger charge is 2.33. The normalized spacial score (nSPS) is 14.6. The Morgan fingerprint density at radius 3 is 2.79 bits per heavy atom. The molecule has 1 fully saturated rings. The molecule has 4 rings (SSSR count). The van der Waals surface area contributed by atoms with Crippen LogP contribution in [0.5, 0.6) is 5.75 Å². The lowest BCUT2D eigenvalue weighted by molar-refractivity contribution is -0.386. The first-order valence-corrected chi connectivity index (χ1v) is 10.4. The molecular formula is C23H18FN3O5S. The fourth-order valence-electron chi connectivity index (χ4n) is 3.38. The van der Waals surface area contributed by atoms with E-state index in [0.717, 1.165) is 35.9 Å². The van der Waals surface area contributed by atoms with Gasteiger partial charge in [-0.15, -0.1) is 0 Å². The van der Waals surface area contributed by atoms with Crippen molar-refractivity contribution >= 4 is 40.7 Å². The number of anilines is 1. The molecule has 1 aromatic heterocycles. The van der Waals surface area contributed by atoms with Gasteiger partial charge in [0, 0.05) is 18.2 Å². The van der Waals surface area contributed by atoms with Gasteiger partial charge in [-0.1, -0.05) is 25.1 Å². The number of amides is 1. The number of carbonyl (C=O) groups excluding carboxylic acids is 1. The van der Waals surface area contributed by atoms with E-state index in [1.165, 1.54) is 11.0 Å². The Kier molecular flexibility index (Phi) is 6.18. The van der Waals surface area contributed by atoms with Crippen LogP contribution < -0.4 is 15.0 Å². The summed E-state index contributed by atoms with van der Waals surface area (Å²) in [6, 6.07) is 13.7. The number of nitro groups is 1. The van der Waals surface area contributed by atoms with Crippen LogP contribution in [0.25, 0.3) is 6.08 Å². The molecule has 1 aliphatic heterocycles. The zero-order valence-electron chi connectivity index (χ0n) is 17.4. The van der Waals surface area contributed by atoms with E-state index in [4.69, 9.17) is 21.4 Å². The summed E-state index contributed by atoms with van der Waals surface area (Å²) >= 11 is 5.36. The highest BCUT2D eigenvalue weighted by Crippen LogP contribution is 2.29. The Hall–Kier alpha value is -4.05. The highest BCUT2D eigenvalue weighted by atomic mass is 32.1. The van der Waals surface area contributed by atoms with Crippen LogP contribution >= 0.6 is 12.2 Å². The monoisotopic (exact) mass is 467 g/mol. The van der Waals surface area contributed by atoms with Gasteiger partial charge in [-0.25, -0.2) is 4.39 Å². The highest BCUT2D eigenvalue weighted by molar-refractivity contribution is 7.80. The Labute approximate surface area is 193 Å². The predicted octanol–water partition coefficient (Wildman–Crippen LogP) is 4.73. The van der Waals surface area contributed by atoms with Gasteiger partial charge in [0.05, 0.1) is 10.6 Å². The summed E-state index contributed by atoms with van der Waals surface area (Å²) in [6.45, 7) is 1.83. The van der Waals surface area contributed by atoms with Gasteiger partial charge >= 0.3 is 5.69 Å². The van der Waals surface area contributed by atoms with E-state index in [2.05, 4.69) is 5.32 Å². The second kappa shape index (κ2) is 9.21. The number of ether oxygens (including phenoxy) is 1. The topological polar surface area (TPSA) is 97.9 Å². The molecule has 0 radical (unpaired) electrons. The van der Waals surface area contributed by atoms with Gasteiger partial charge in [-0.2, -0.15) is 0 Å². The van der Waals surface area contributed by atoms with E-state index in [1.54, 1.807) is 12.1 Å². The van der Waals surface area contributed by atoms with E-state index in [-0.39, 0.29) is 34.8 Å². The number of hydrogen-bond acceptors (Lipinski definition) is 6. The van der Waals surface area contributed by atoms with E-state index < -0.39 is 10.7 Å². The Bertz CT molecular complexity index is 1290. The fourth-order valence-corrected chi connectivity index (χ4v) is 3.67. The molecule has 0 spiro atoms. The molecule has 1 aliphatic rings. The van der Waals surface area contributed by atoms with Gasteiger partial charge in [-0.05, 0) is 48.5 Å². The van der Waals surface area contributed by atoms with Gasteiger partial charge < -0.3 is 14.5 Å². The molecule has 168 valence electrons. The second-order valence-corrected chi connectivity index (χ2v) is 7.46. The first-order valence-electron chi connectivity index (χ1n) is 9.98. The van der Waals surface area contributed by atoms with Crippen molar-refractivity contribution in [3.05, 3.63) is 93.3 Å². The number of carbonyl (C=O) groups is 1. The van der Waals surface area contributed by atoms with Crippen molar-refractivity contribution in [2.75, 3.05) is 4.90 Å². The van der Waals surface area contributed by atoms with Crippen molar-refractivity contribution in [3.63, 3.8) is 0 Å². The maximum absolute atomic E-state index is 13.5. The average molecular weight is 467 g/mol. The Balaban J connectivity index is 1.50. The largest absolute Gasteiger partial charge is 0.479 e. The molecule has 8 nitrogen and oxygen atoms in total. The number of para-hydroxylation sites is 1. The molecule has 1 saturated heterocycles. The molecule has 0 unspecified atom stereocenters. The summed E-state index contributed by atoms with van der Waals surface area (Å²) in [5.41, 5.74) is 1.59. The van der Waals surface area contributed by atoms with Crippen LogP contribution in [0.15, 0.2) is 64.7 Å². The lowest BCUT2D eigenvalue weighted by Gasteiger charge is -2.17. The maximum atomic E-state index is 13.5. The van der Waals surface area contributed by atoms with Gasteiger partial charge in [0.25, 0.3) is 5.91 Å². The van der Waals surface area contributed by atoms with Crippen molar-refractivity contribution in [2.24, 2.45) is 0 Å². The van der Waals surface area contributed by atoms with Crippen molar-refractivity contribution in [1.29, 1.82) is 0 Å². The number of hydrogen-bond donors (Lipinski definition) is 1. The zero-order chi connectivity index (χ0) is 23.5. The number of nitrogens with one attached hydrogen (secondary N) is 1. The molecule has 0 saturated carbocycles. The van der Waals surface area contributed by atoms with Crippen molar-refractivity contribution in [2.45, 2.75) is 20.0 Å². The lowest BCUT2D eigenvalue weighted by Crippen LogP contribution is -2.31. The first-order chi connectivity index (χ1) is 15.9. The molecule has 0 bridgehead atoms. The minimum atomic E-state index is -0.657. The number of nitrogens with zero attached hydrogens (tertiary/aromatic N) is 2. The summed E-state index contributed by atoms with van der Waals surface area (Å²) in [6.07, 6.45) is 2.25. The van der Waals surface area contributed by atoms with Crippen molar-refractivity contribution in [1.82, 2.24) is 5.32 Å². The summed E-state index contributed by atoms with van der Waals surface area (Å²) in [4.78, 5) is 24.9. The zero-order valence-corrected chi connectivity index (χ0v) is 18.2. The second-order valence-electron chi connectivity index (χ2n) is 7.07. The minimum absolute atomic E-state index is 0.163. The third-order valence-electron chi connectivity index (χ3n) is 4.95. The number of aryl methyl sites for hydroxylation is 1. The summed E-state index contributed by atoms with van der Waals surface area (Å²) in [7, 11) is 0. The predicted molar refractivity (Wildman–Crippen MR) is 123 cm³/mol. The van der Waals surface area contributed by atoms with Crippen molar-refractivity contribution < 1.29 is 23.3 Å². The van der Waals surface area contributed by atoms with Crippen LogP contribution in [-0.2, 0) is 17.8 Å². The standard InChI is InChI=1S/C23H18FN3O5S/c1-2-14-5-3-4-6-19(14)26-22(28)18(25-23(26)33)12-16-8-9-17(32-16)13-31-21-11-15(24)7-10-20(21)27(29)30/h3-12H,2,13H2,1H3,(H,25,33)/b18-12+. The van der Waals surface area contributed by atoms with Crippen LogP contribution in [-0.4, -0.2) is 15.9 Å². The Morgan fingerprint density at radius 1 is 1.24 bits per heavy atom. The van der Waals surface area contributed by atoms with Crippen LogP contribution in [0.3, 0.4) is 0 Å². The molecule has 1 amide bonds. The van der Waals surface area contributed by atoms with Gasteiger partial charge in [0.2, 0.25) is 0 Å². The third kappa shape index (κ3) is 4.60. The molecule has 33 heavy (non-hydrogen) atoms. The minimum Gasteiger partial charge on any atom is -0.479 e. The lowest BCUT2D eigenvalue weighted by atomic mass is 10.1. The molecule has 2 heterocycles. The fraction of sp³-hybridized carbons (Fsp3) is 0.130. The van der Waals surface area contributed by atoms with Gasteiger partial charge in [-0.3, -0.25) is 19.8 Å². The quantitative estimate of drug-likeness (QED) is 0.232. The maximum Gasteiger partial charge on any atom is 0.311 e. The molecule has 10 heteroatoms. The number of thiocarbonyl (C=S) groups is 1. The number of rotatable bonds is 7. The first kappa shape index (κ1) is 22.2. The molecule has 2 aromatic carbocycles. The number of halogens is 1. The summed E-state index contributed by atoms with van der Waals surface area (Å²) in [5, 5.41) is 14.3. The number of furan rings is 1. The van der Waals surface area contributed by atoms with E-state index in [0.29, 0.717) is 11.5 Å². The molecule has 3 aromatic rings. The SMILES string of the molecule is CCc1ccccc1N1C(=O)/C(=C\c2ccc(COc3cc(F)ccc3[N+](=O)[O-])o2)NC1=S. The third-order valence-corrected chi connectivity index (χ3v) is 5.23. The van der Waals surface area contributed by atoms with E-state index in [9.17, 15) is 19.3 Å². The molecular weight excluding hydrogens is 449 g/mol. The van der Waals surface area contributed by atoms with Gasteiger partial charge in [0.1, 0.15) is 29.6 Å². The van der Waals surface area contributed by atoms with Crippen LogP contribution in [0.1, 0.15) is 24.0 Å². The number of benzene rings is 2. The van der Waals surface area contributed by atoms with E-state index in [1.807, 2.05) is 31.2 Å². The van der Waals surface area contributed by atoms with Crippen LogP contribution in [0.4, 0.5) is 15.8 Å². The van der Waals surface area contributed by atoms with E-state index >= 15 is 0 Å². The van der Waals surface area contributed by atoms with Crippen molar-refractivity contribution in [3.8, 4) is 5.75 Å². The summed E-state index contributed by atoms with van der Waals surface area (Å²) in [5.74, 6) is -0.491. The van der Waals surface area contributed by atoms with Gasteiger partial charge in [0.15, 0.2) is 10.9 Å². The van der Waals surface area contributed by atoms with Crippen LogP contribution in [0.2, 0.25) is 0 Å². The van der Waals surface area contributed by atoms with Crippen LogP contribution in [0, 0.1) is 15.9 Å². The molecule has 1 N–H and O–H groups in total. The number of nitro benzene ring substituents is 1. The average Bonchev–Trinajstić information content (AvgIpc) is 3.35.